The Kier molecular flexibility index (Phi) is 4.71. The summed E-state index contributed by atoms with van der Waals surface area (Å²) in [6.07, 6.45) is 4.01. The van der Waals surface area contributed by atoms with Crippen molar-refractivity contribution in [2.75, 3.05) is 19.4 Å². The van der Waals surface area contributed by atoms with Crippen LogP contribution in [0.15, 0.2) is 35.7 Å². The Morgan fingerprint density at radius 2 is 1.96 bits per heavy atom. The second kappa shape index (κ2) is 6.87. The average molecular weight is 392 g/mol. The normalized spacial score (nSPS) is 26.5. The molecule has 4 nitrogen and oxygen atoms in total. The molecule has 2 aliphatic rings. The summed E-state index contributed by atoms with van der Waals surface area (Å²) in [5, 5.41) is 5.59. The van der Waals surface area contributed by atoms with Crippen molar-refractivity contribution < 1.29 is 14.0 Å². The van der Waals surface area contributed by atoms with Gasteiger partial charge >= 0.3 is 6.09 Å². The first-order chi connectivity index (χ1) is 12.4. The van der Waals surface area contributed by atoms with E-state index in [1.165, 1.54) is 12.8 Å². The van der Waals surface area contributed by atoms with Crippen molar-refractivity contribution in [3.05, 3.63) is 40.7 Å². The first kappa shape index (κ1) is 17.8. The molecule has 1 aromatic carbocycles. The second-order valence-corrected chi connectivity index (χ2v) is 9.19. The van der Waals surface area contributed by atoms with Gasteiger partial charge in [0, 0.05) is 41.1 Å². The van der Waals surface area contributed by atoms with Gasteiger partial charge in [0.25, 0.3) is 0 Å². The molecule has 4 rings (SSSR count). The van der Waals surface area contributed by atoms with Crippen LogP contribution < -0.4 is 5.32 Å². The molecule has 6 heteroatoms. The van der Waals surface area contributed by atoms with Crippen LogP contribution in [0.2, 0.25) is 5.02 Å². The molecular formula is C20H24ClN2O2S+. The quantitative estimate of drug-likeness (QED) is 0.712. The van der Waals surface area contributed by atoms with Crippen LogP contribution in [0.4, 0.5) is 10.5 Å². The van der Waals surface area contributed by atoms with Gasteiger partial charge in [-0.3, -0.25) is 5.32 Å². The molecule has 0 saturated carbocycles. The van der Waals surface area contributed by atoms with Gasteiger partial charge in [-0.1, -0.05) is 17.7 Å². The van der Waals surface area contributed by atoms with Crippen molar-refractivity contribution in [2.24, 2.45) is 0 Å². The Balaban J connectivity index is 1.45. The molecular weight excluding hydrogens is 368 g/mol. The highest BCUT2D eigenvalue weighted by Crippen LogP contribution is 2.41. The van der Waals surface area contributed by atoms with Crippen LogP contribution in [-0.2, 0) is 4.74 Å². The van der Waals surface area contributed by atoms with Gasteiger partial charge in [0.05, 0.1) is 31.9 Å². The molecule has 3 atom stereocenters. The molecule has 0 radical (unpaired) electrons. The number of nitrogens with zero attached hydrogens (tertiary/aromatic N) is 1. The van der Waals surface area contributed by atoms with E-state index < -0.39 is 0 Å². The van der Waals surface area contributed by atoms with Gasteiger partial charge in [0.15, 0.2) is 0 Å². The number of thiophene rings is 1. The van der Waals surface area contributed by atoms with Crippen LogP contribution in [0.3, 0.4) is 0 Å². The molecule has 1 amide bonds. The number of quaternary nitrogens is 1. The number of anilines is 1. The number of halogens is 1. The number of ether oxygens (including phenoxy) is 1. The molecule has 2 fully saturated rings. The largest absolute Gasteiger partial charge is 0.445 e. The summed E-state index contributed by atoms with van der Waals surface area (Å²) in [5.41, 5.74) is 1.66. The Labute approximate surface area is 163 Å². The molecule has 2 saturated heterocycles. The van der Waals surface area contributed by atoms with E-state index in [9.17, 15) is 4.79 Å². The fourth-order valence-corrected chi connectivity index (χ4v) is 5.41. The van der Waals surface area contributed by atoms with Crippen molar-refractivity contribution in [2.45, 2.75) is 43.9 Å². The minimum Gasteiger partial charge on any atom is -0.445 e. The lowest BCUT2D eigenvalue weighted by Gasteiger charge is -2.43. The number of hydrogen-bond acceptors (Lipinski definition) is 3. The first-order valence-corrected chi connectivity index (χ1v) is 10.3. The zero-order chi connectivity index (χ0) is 18.3. The molecule has 0 spiro atoms. The van der Waals surface area contributed by atoms with Crippen LogP contribution in [0, 0.1) is 0 Å². The zero-order valence-electron chi connectivity index (χ0n) is 15.1. The SMILES string of the molecule is C[N+]1(C)[C@@H]2CC[C@H]1CC(OC(=O)Nc1ccc(Cl)cc1-c1cccs1)C2. The van der Waals surface area contributed by atoms with Gasteiger partial charge in [-0.2, -0.15) is 0 Å². The summed E-state index contributed by atoms with van der Waals surface area (Å²) in [5.74, 6) is 0. The molecule has 3 heterocycles. The number of carbonyl (C=O) groups is 1. The van der Waals surface area contributed by atoms with Crippen molar-refractivity contribution in [3.63, 3.8) is 0 Å². The number of hydrogen-bond donors (Lipinski definition) is 1. The number of piperidine rings is 1. The maximum absolute atomic E-state index is 12.5. The standard InChI is InChI=1S/C20H23ClN2O2S/c1-23(2)14-6-7-15(23)12-16(11-14)25-20(24)22-18-8-5-13(21)10-17(18)19-4-3-9-26-19/h3-5,8-10,14-16H,6-7,11-12H2,1-2H3/p+1/t14-,15+,16?. The van der Waals surface area contributed by atoms with Gasteiger partial charge in [-0.05, 0) is 29.6 Å². The fraction of sp³-hybridized carbons (Fsp3) is 0.450. The monoisotopic (exact) mass is 391 g/mol. The van der Waals surface area contributed by atoms with E-state index >= 15 is 0 Å². The highest BCUT2D eigenvalue weighted by Gasteiger charge is 2.49. The first-order valence-electron chi connectivity index (χ1n) is 9.08. The maximum Gasteiger partial charge on any atom is 0.411 e. The molecule has 138 valence electrons. The molecule has 2 bridgehead atoms. The minimum absolute atomic E-state index is 0.0103. The molecule has 2 aliphatic heterocycles. The van der Waals surface area contributed by atoms with Crippen LogP contribution in [0.5, 0.6) is 0 Å². The number of fused-ring (bicyclic) bond motifs is 2. The summed E-state index contributed by atoms with van der Waals surface area (Å²) >= 11 is 7.77. The Morgan fingerprint density at radius 1 is 1.23 bits per heavy atom. The van der Waals surface area contributed by atoms with Crippen molar-refractivity contribution in [3.8, 4) is 10.4 Å². The molecule has 26 heavy (non-hydrogen) atoms. The molecule has 0 aliphatic carbocycles. The van der Waals surface area contributed by atoms with Crippen molar-refractivity contribution >= 4 is 34.7 Å². The van der Waals surface area contributed by atoms with Gasteiger partial charge in [0.2, 0.25) is 0 Å². The third-order valence-corrected chi connectivity index (χ3v) is 7.20. The van der Waals surface area contributed by atoms with Crippen molar-refractivity contribution in [1.29, 1.82) is 0 Å². The average Bonchev–Trinajstić information content (AvgIpc) is 3.13. The second-order valence-electron chi connectivity index (χ2n) is 7.81. The fourth-order valence-electron chi connectivity index (χ4n) is 4.48. The molecule has 2 aromatic rings. The molecule has 1 unspecified atom stereocenters. The van der Waals surface area contributed by atoms with E-state index in [0.717, 1.165) is 33.5 Å². The summed E-state index contributed by atoms with van der Waals surface area (Å²) < 4.78 is 6.85. The van der Waals surface area contributed by atoms with Gasteiger partial charge < -0.3 is 9.22 Å². The maximum atomic E-state index is 12.5. The van der Waals surface area contributed by atoms with E-state index in [0.29, 0.717) is 17.1 Å². The van der Waals surface area contributed by atoms with Crippen LogP contribution in [-0.4, -0.2) is 42.9 Å². The Hall–Kier alpha value is -1.56. The smallest absolute Gasteiger partial charge is 0.411 e. The van der Waals surface area contributed by atoms with E-state index in [1.54, 1.807) is 17.4 Å². The predicted molar refractivity (Wildman–Crippen MR) is 107 cm³/mol. The van der Waals surface area contributed by atoms with Crippen LogP contribution in [0.25, 0.3) is 10.4 Å². The topological polar surface area (TPSA) is 38.3 Å². The van der Waals surface area contributed by atoms with E-state index in [2.05, 4.69) is 19.4 Å². The highest BCUT2D eigenvalue weighted by atomic mass is 35.5. The number of amides is 1. The van der Waals surface area contributed by atoms with Crippen LogP contribution in [0.1, 0.15) is 25.7 Å². The summed E-state index contributed by atoms with van der Waals surface area (Å²) in [6.45, 7) is 0. The minimum atomic E-state index is -0.373. The molecule has 1 aromatic heterocycles. The number of nitrogens with one attached hydrogen (secondary N) is 1. The third-order valence-electron chi connectivity index (χ3n) is 6.06. The Bertz CT molecular complexity index is 790. The van der Waals surface area contributed by atoms with E-state index in [4.69, 9.17) is 16.3 Å². The Morgan fingerprint density at radius 3 is 2.62 bits per heavy atom. The lowest BCUT2D eigenvalue weighted by atomic mass is 9.98. The summed E-state index contributed by atoms with van der Waals surface area (Å²) in [4.78, 5) is 13.6. The number of carbonyl (C=O) groups excluding carboxylic acids is 1. The lowest BCUT2D eigenvalue weighted by molar-refractivity contribution is -0.931. The van der Waals surface area contributed by atoms with E-state index in [-0.39, 0.29) is 12.2 Å². The number of benzene rings is 1. The molecule has 1 N–H and O–H groups in total. The van der Waals surface area contributed by atoms with Crippen molar-refractivity contribution in [1.82, 2.24) is 0 Å². The highest BCUT2D eigenvalue weighted by molar-refractivity contribution is 7.13. The van der Waals surface area contributed by atoms with Gasteiger partial charge in [0.1, 0.15) is 6.10 Å². The predicted octanol–water partition coefficient (Wildman–Crippen LogP) is 5.39. The van der Waals surface area contributed by atoms with Gasteiger partial charge in [-0.25, -0.2) is 4.79 Å². The zero-order valence-corrected chi connectivity index (χ0v) is 16.6. The summed E-state index contributed by atoms with van der Waals surface area (Å²) in [6, 6.07) is 10.7. The third kappa shape index (κ3) is 3.36. The summed E-state index contributed by atoms with van der Waals surface area (Å²) in [7, 11) is 4.61. The number of rotatable bonds is 3. The van der Waals surface area contributed by atoms with Crippen LogP contribution >= 0.6 is 22.9 Å². The van der Waals surface area contributed by atoms with E-state index in [1.807, 2.05) is 29.6 Å². The lowest BCUT2D eigenvalue weighted by Crippen LogP contribution is -2.56. The van der Waals surface area contributed by atoms with Gasteiger partial charge in [-0.15, -0.1) is 11.3 Å².